The highest BCUT2D eigenvalue weighted by Gasteiger charge is 2.09. The summed E-state index contributed by atoms with van der Waals surface area (Å²) in [6.45, 7) is 2.63. The van der Waals surface area contributed by atoms with Crippen LogP contribution >= 0.6 is 0 Å². The standard InChI is InChI=1S/C9H17N5O/c1-2-6(3-4-10)14-8-7(11)9(15)13-5-12-8/h5-6H,2-4,10-11H2,1H3,(H2,12,13,14,15). The maximum absolute atomic E-state index is 11.2. The smallest absolute Gasteiger partial charge is 0.276 e. The molecule has 1 unspecified atom stereocenters. The number of nitrogens with one attached hydrogen (secondary N) is 2. The molecule has 1 aromatic heterocycles. The Morgan fingerprint density at radius 3 is 3.00 bits per heavy atom. The first-order valence-corrected chi connectivity index (χ1v) is 4.98. The van der Waals surface area contributed by atoms with Crippen molar-refractivity contribution in [2.75, 3.05) is 17.6 Å². The van der Waals surface area contributed by atoms with Crippen LogP contribution in [0.15, 0.2) is 11.1 Å². The summed E-state index contributed by atoms with van der Waals surface area (Å²) in [5.41, 5.74) is 10.8. The molecule has 0 saturated heterocycles. The molecule has 0 fully saturated rings. The molecule has 0 aliphatic rings. The molecule has 0 aliphatic heterocycles. The van der Waals surface area contributed by atoms with Gasteiger partial charge in [0.2, 0.25) is 0 Å². The van der Waals surface area contributed by atoms with Gasteiger partial charge in [-0.25, -0.2) is 4.98 Å². The fourth-order valence-corrected chi connectivity index (χ4v) is 1.30. The molecule has 1 aromatic rings. The molecule has 1 heterocycles. The molecule has 0 aliphatic carbocycles. The van der Waals surface area contributed by atoms with Crippen LogP contribution in [0.5, 0.6) is 0 Å². The van der Waals surface area contributed by atoms with Crippen molar-refractivity contribution in [1.82, 2.24) is 9.97 Å². The minimum absolute atomic E-state index is 0.118. The Hall–Kier alpha value is -1.56. The molecule has 0 aromatic carbocycles. The number of hydrogen-bond donors (Lipinski definition) is 4. The van der Waals surface area contributed by atoms with E-state index in [0.29, 0.717) is 12.4 Å². The molecule has 0 radical (unpaired) electrons. The number of anilines is 2. The van der Waals surface area contributed by atoms with Crippen molar-refractivity contribution >= 4 is 11.5 Å². The van der Waals surface area contributed by atoms with Crippen LogP contribution in [-0.2, 0) is 0 Å². The zero-order chi connectivity index (χ0) is 11.3. The van der Waals surface area contributed by atoms with Gasteiger partial charge < -0.3 is 21.8 Å². The summed E-state index contributed by atoms with van der Waals surface area (Å²) in [6, 6.07) is 0.201. The van der Waals surface area contributed by atoms with Crippen LogP contribution in [0.1, 0.15) is 19.8 Å². The Morgan fingerprint density at radius 2 is 2.40 bits per heavy atom. The van der Waals surface area contributed by atoms with Crippen molar-refractivity contribution in [1.29, 1.82) is 0 Å². The summed E-state index contributed by atoms with van der Waals surface area (Å²) in [6.07, 6.45) is 3.06. The van der Waals surface area contributed by atoms with E-state index in [9.17, 15) is 4.79 Å². The Morgan fingerprint density at radius 1 is 1.67 bits per heavy atom. The van der Waals surface area contributed by atoms with Gasteiger partial charge in [-0.2, -0.15) is 0 Å². The number of hydrogen-bond acceptors (Lipinski definition) is 5. The fourth-order valence-electron chi connectivity index (χ4n) is 1.30. The van der Waals surface area contributed by atoms with Gasteiger partial charge in [0.1, 0.15) is 5.69 Å². The van der Waals surface area contributed by atoms with E-state index in [0.717, 1.165) is 12.8 Å². The van der Waals surface area contributed by atoms with E-state index >= 15 is 0 Å². The molecule has 6 heteroatoms. The van der Waals surface area contributed by atoms with Crippen molar-refractivity contribution in [2.24, 2.45) is 5.73 Å². The van der Waals surface area contributed by atoms with Gasteiger partial charge in [-0.1, -0.05) is 6.92 Å². The molecule has 0 spiro atoms. The second-order valence-electron chi connectivity index (χ2n) is 3.32. The largest absolute Gasteiger partial charge is 0.391 e. The van der Waals surface area contributed by atoms with Crippen LogP contribution in [0.2, 0.25) is 0 Å². The maximum Gasteiger partial charge on any atom is 0.276 e. The number of nitrogen functional groups attached to an aromatic ring is 1. The number of aromatic nitrogens is 2. The lowest BCUT2D eigenvalue weighted by molar-refractivity contribution is 0.639. The minimum atomic E-state index is -0.324. The fraction of sp³-hybridized carbons (Fsp3) is 0.556. The van der Waals surface area contributed by atoms with Gasteiger partial charge in [-0.15, -0.1) is 0 Å². The summed E-state index contributed by atoms with van der Waals surface area (Å²) in [7, 11) is 0. The second kappa shape index (κ2) is 5.35. The predicted molar refractivity (Wildman–Crippen MR) is 60.6 cm³/mol. The highest BCUT2D eigenvalue weighted by Crippen LogP contribution is 2.11. The number of H-pyrrole nitrogens is 1. The molecular formula is C9H17N5O. The normalized spacial score (nSPS) is 12.4. The van der Waals surface area contributed by atoms with E-state index in [2.05, 4.69) is 15.3 Å². The highest BCUT2D eigenvalue weighted by molar-refractivity contribution is 5.59. The van der Waals surface area contributed by atoms with E-state index in [1.807, 2.05) is 6.92 Å². The predicted octanol–water partition coefficient (Wildman–Crippen LogP) is -0.109. The number of nitrogens with zero attached hydrogens (tertiary/aromatic N) is 1. The van der Waals surface area contributed by atoms with Crippen molar-refractivity contribution in [2.45, 2.75) is 25.8 Å². The average molecular weight is 211 g/mol. The zero-order valence-corrected chi connectivity index (χ0v) is 8.79. The number of aromatic amines is 1. The van der Waals surface area contributed by atoms with Crippen LogP contribution in [0.25, 0.3) is 0 Å². The van der Waals surface area contributed by atoms with Gasteiger partial charge in [0.15, 0.2) is 5.82 Å². The Labute approximate surface area is 88.1 Å². The van der Waals surface area contributed by atoms with Crippen LogP contribution in [-0.4, -0.2) is 22.6 Å². The molecule has 6 nitrogen and oxygen atoms in total. The average Bonchev–Trinajstić information content (AvgIpc) is 2.24. The summed E-state index contributed by atoms with van der Waals surface area (Å²) >= 11 is 0. The lowest BCUT2D eigenvalue weighted by Crippen LogP contribution is -2.25. The first kappa shape index (κ1) is 11.5. The third-order valence-electron chi connectivity index (χ3n) is 2.24. The summed E-state index contributed by atoms with van der Waals surface area (Å²) < 4.78 is 0. The van der Waals surface area contributed by atoms with Crippen molar-refractivity contribution in [3.05, 3.63) is 16.7 Å². The molecule has 6 N–H and O–H groups in total. The van der Waals surface area contributed by atoms with E-state index < -0.39 is 0 Å². The summed E-state index contributed by atoms with van der Waals surface area (Å²) in [4.78, 5) is 17.6. The van der Waals surface area contributed by atoms with Gasteiger partial charge >= 0.3 is 0 Å². The van der Waals surface area contributed by atoms with Crippen molar-refractivity contribution in [3.63, 3.8) is 0 Å². The quantitative estimate of drug-likeness (QED) is 0.543. The molecule has 0 bridgehead atoms. The first-order chi connectivity index (χ1) is 7.19. The van der Waals surface area contributed by atoms with Crippen LogP contribution in [0.4, 0.5) is 11.5 Å². The third kappa shape index (κ3) is 2.95. The molecule has 0 amide bonds. The van der Waals surface area contributed by atoms with Crippen LogP contribution < -0.4 is 22.3 Å². The second-order valence-corrected chi connectivity index (χ2v) is 3.32. The van der Waals surface area contributed by atoms with Gasteiger partial charge in [0.05, 0.1) is 6.33 Å². The highest BCUT2D eigenvalue weighted by atomic mass is 16.1. The Kier molecular flexibility index (Phi) is 4.11. The molecule has 15 heavy (non-hydrogen) atoms. The monoisotopic (exact) mass is 211 g/mol. The molecule has 84 valence electrons. The van der Waals surface area contributed by atoms with E-state index in [1.54, 1.807) is 0 Å². The zero-order valence-electron chi connectivity index (χ0n) is 8.79. The van der Waals surface area contributed by atoms with Gasteiger partial charge in [-0.3, -0.25) is 4.79 Å². The molecule has 0 saturated carbocycles. The summed E-state index contributed by atoms with van der Waals surface area (Å²) in [5, 5.41) is 3.10. The van der Waals surface area contributed by atoms with E-state index in [4.69, 9.17) is 11.5 Å². The van der Waals surface area contributed by atoms with Gasteiger partial charge in [0.25, 0.3) is 5.56 Å². The van der Waals surface area contributed by atoms with Gasteiger partial charge in [-0.05, 0) is 19.4 Å². The molecular weight excluding hydrogens is 194 g/mol. The Bertz CT molecular complexity index is 362. The van der Waals surface area contributed by atoms with E-state index in [1.165, 1.54) is 6.33 Å². The molecule has 1 atom stereocenters. The Balaban J connectivity index is 2.79. The minimum Gasteiger partial charge on any atom is -0.391 e. The lowest BCUT2D eigenvalue weighted by Gasteiger charge is -2.17. The number of rotatable bonds is 5. The number of nitrogens with two attached hydrogens (primary N) is 2. The summed E-state index contributed by atoms with van der Waals surface area (Å²) in [5.74, 6) is 0.430. The van der Waals surface area contributed by atoms with Crippen molar-refractivity contribution in [3.8, 4) is 0 Å². The topological polar surface area (TPSA) is 110 Å². The van der Waals surface area contributed by atoms with Crippen molar-refractivity contribution < 1.29 is 0 Å². The third-order valence-corrected chi connectivity index (χ3v) is 2.24. The SMILES string of the molecule is CCC(CCN)Nc1nc[nH]c(=O)c1N. The lowest BCUT2D eigenvalue weighted by atomic mass is 10.1. The first-order valence-electron chi connectivity index (χ1n) is 4.98. The van der Waals surface area contributed by atoms with Gasteiger partial charge in [0, 0.05) is 6.04 Å². The van der Waals surface area contributed by atoms with Crippen LogP contribution in [0.3, 0.4) is 0 Å². The maximum atomic E-state index is 11.2. The van der Waals surface area contributed by atoms with Crippen LogP contribution in [0, 0.1) is 0 Å². The van der Waals surface area contributed by atoms with E-state index in [-0.39, 0.29) is 17.3 Å². The molecule has 1 rings (SSSR count).